The fourth-order valence-electron chi connectivity index (χ4n) is 2.44. The van der Waals surface area contributed by atoms with Crippen molar-refractivity contribution in [3.8, 4) is 0 Å². The zero-order valence-electron chi connectivity index (χ0n) is 13.5. The van der Waals surface area contributed by atoms with Crippen LogP contribution < -0.4 is 5.73 Å². The summed E-state index contributed by atoms with van der Waals surface area (Å²) < 4.78 is 5.43. The van der Waals surface area contributed by atoms with E-state index in [0.717, 1.165) is 16.7 Å². The molecule has 0 fully saturated rings. The summed E-state index contributed by atoms with van der Waals surface area (Å²) in [4.78, 5) is 11.2. The van der Waals surface area contributed by atoms with Crippen molar-refractivity contribution in [1.82, 2.24) is 0 Å². The van der Waals surface area contributed by atoms with E-state index in [0.29, 0.717) is 12.1 Å². The third kappa shape index (κ3) is 4.10. The molecule has 124 valence electrons. The molecule has 0 radical (unpaired) electrons. The van der Waals surface area contributed by atoms with Gasteiger partial charge in [0, 0.05) is 23.6 Å². The SMILES string of the molecule is CC(C)(C)OC(=O)C1(Cl)C=CC(c2ccccc2N)=C(CCl)C1. The number of esters is 1. The normalized spacial score (nSPS) is 21.4. The predicted octanol–water partition coefficient (Wildman–Crippen LogP) is 4.54. The van der Waals surface area contributed by atoms with Crippen molar-refractivity contribution in [1.29, 1.82) is 0 Å². The number of hydrogen-bond donors (Lipinski definition) is 1. The molecule has 2 N–H and O–H groups in total. The van der Waals surface area contributed by atoms with Crippen LogP contribution in [0.4, 0.5) is 5.69 Å². The van der Waals surface area contributed by atoms with Gasteiger partial charge in [-0.1, -0.05) is 30.4 Å². The Labute approximate surface area is 147 Å². The van der Waals surface area contributed by atoms with Crippen LogP contribution in [0.3, 0.4) is 0 Å². The van der Waals surface area contributed by atoms with Crippen LogP contribution in [0.15, 0.2) is 42.0 Å². The number of ether oxygens (including phenoxy) is 1. The van der Waals surface area contributed by atoms with Gasteiger partial charge in [-0.05, 0) is 38.0 Å². The van der Waals surface area contributed by atoms with Crippen LogP contribution >= 0.6 is 23.2 Å². The van der Waals surface area contributed by atoms with E-state index >= 15 is 0 Å². The van der Waals surface area contributed by atoms with Crippen molar-refractivity contribution < 1.29 is 9.53 Å². The van der Waals surface area contributed by atoms with Gasteiger partial charge < -0.3 is 10.5 Å². The molecule has 0 bridgehead atoms. The lowest BCUT2D eigenvalue weighted by molar-refractivity contribution is -0.156. The number of benzene rings is 1. The van der Waals surface area contributed by atoms with E-state index in [9.17, 15) is 4.79 Å². The maximum atomic E-state index is 12.4. The van der Waals surface area contributed by atoms with E-state index in [1.165, 1.54) is 0 Å². The number of para-hydroxylation sites is 1. The molecule has 0 spiro atoms. The molecule has 1 atom stereocenters. The van der Waals surface area contributed by atoms with Gasteiger partial charge in [0.05, 0.1) is 0 Å². The number of carbonyl (C=O) groups is 1. The number of nitrogen functional groups attached to an aromatic ring is 1. The smallest absolute Gasteiger partial charge is 0.332 e. The average molecular weight is 354 g/mol. The van der Waals surface area contributed by atoms with Gasteiger partial charge in [0.25, 0.3) is 0 Å². The molecule has 0 saturated carbocycles. The Kier molecular flexibility index (Phi) is 5.12. The zero-order valence-corrected chi connectivity index (χ0v) is 15.0. The van der Waals surface area contributed by atoms with Gasteiger partial charge in [-0.2, -0.15) is 0 Å². The first-order valence-corrected chi connectivity index (χ1v) is 8.32. The molecule has 2 rings (SSSR count). The minimum absolute atomic E-state index is 0.269. The number of halogens is 2. The summed E-state index contributed by atoms with van der Waals surface area (Å²) >= 11 is 12.6. The van der Waals surface area contributed by atoms with Gasteiger partial charge in [0.15, 0.2) is 4.87 Å². The largest absolute Gasteiger partial charge is 0.458 e. The van der Waals surface area contributed by atoms with E-state index in [4.69, 9.17) is 33.7 Å². The minimum Gasteiger partial charge on any atom is -0.458 e. The molecule has 23 heavy (non-hydrogen) atoms. The fourth-order valence-corrected chi connectivity index (χ4v) is 2.94. The van der Waals surface area contributed by atoms with E-state index < -0.39 is 16.4 Å². The molecular formula is C18H21Cl2NO2. The number of rotatable bonds is 3. The lowest BCUT2D eigenvalue weighted by atomic mass is 9.86. The minimum atomic E-state index is -1.23. The van der Waals surface area contributed by atoms with Crippen LogP contribution in [-0.4, -0.2) is 22.3 Å². The third-order valence-electron chi connectivity index (χ3n) is 3.52. The van der Waals surface area contributed by atoms with Crippen LogP contribution in [0.25, 0.3) is 5.57 Å². The number of anilines is 1. The molecule has 5 heteroatoms. The molecule has 1 aromatic rings. The van der Waals surface area contributed by atoms with Crippen molar-refractivity contribution in [2.45, 2.75) is 37.7 Å². The first-order chi connectivity index (χ1) is 10.7. The molecule has 0 saturated heterocycles. The lowest BCUT2D eigenvalue weighted by Crippen LogP contribution is -2.39. The number of carbonyl (C=O) groups excluding carboxylic acids is 1. The maximum Gasteiger partial charge on any atom is 0.332 e. The number of nitrogens with two attached hydrogens (primary N) is 1. The van der Waals surface area contributed by atoms with Gasteiger partial charge in [-0.3, -0.25) is 0 Å². The third-order valence-corrected chi connectivity index (χ3v) is 4.25. The van der Waals surface area contributed by atoms with Crippen LogP contribution in [0.1, 0.15) is 32.8 Å². The summed E-state index contributed by atoms with van der Waals surface area (Å²) in [6.07, 6.45) is 3.78. The monoisotopic (exact) mass is 353 g/mol. The summed E-state index contributed by atoms with van der Waals surface area (Å²) in [5.74, 6) is -0.198. The van der Waals surface area contributed by atoms with Gasteiger partial charge in [-0.25, -0.2) is 4.79 Å². The highest BCUT2D eigenvalue weighted by Crippen LogP contribution is 2.39. The highest BCUT2D eigenvalue weighted by Gasteiger charge is 2.40. The molecular weight excluding hydrogens is 333 g/mol. The molecule has 3 nitrogen and oxygen atoms in total. The second-order valence-corrected chi connectivity index (χ2v) is 7.55. The Morgan fingerprint density at radius 3 is 2.57 bits per heavy atom. The zero-order chi connectivity index (χ0) is 17.3. The Morgan fingerprint density at radius 2 is 2.00 bits per heavy atom. The summed E-state index contributed by atoms with van der Waals surface area (Å²) in [7, 11) is 0. The van der Waals surface area contributed by atoms with Crippen LogP contribution in [0.2, 0.25) is 0 Å². The molecule has 0 aliphatic heterocycles. The van der Waals surface area contributed by atoms with Crippen molar-refractivity contribution in [2.75, 3.05) is 11.6 Å². The number of allylic oxidation sites excluding steroid dienone is 3. The number of hydrogen-bond acceptors (Lipinski definition) is 3. The highest BCUT2D eigenvalue weighted by atomic mass is 35.5. The molecule has 1 aliphatic rings. The first-order valence-electron chi connectivity index (χ1n) is 7.41. The fraction of sp³-hybridized carbons (Fsp3) is 0.389. The Morgan fingerprint density at radius 1 is 1.35 bits per heavy atom. The average Bonchev–Trinajstić information content (AvgIpc) is 2.46. The van der Waals surface area contributed by atoms with E-state index in [2.05, 4.69) is 0 Å². The molecule has 1 aromatic carbocycles. The second-order valence-electron chi connectivity index (χ2n) is 6.61. The summed E-state index contributed by atoms with van der Waals surface area (Å²) in [6.45, 7) is 5.43. The van der Waals surface area contributed by atoms with E-state index in [-0.39, 0.29) is 5.88 Å². The summed E-state index contributed by atoms with van der Waals surface area (Å²) in [5.41, 5.74) is 8.78. The van der Waals surface area contributed by atoms with Gasteiger partial charge in [0.1, 0.15) is 5.60 Å². The van der Waals surface area contributed by atoms with Crippen LogP contribution in [0, 0.1) is 0 Å². The standard InChI is InChI=1S/C18H21Cl2NO2/c1-17(2,3)23-16(22)18(20)9-8-13(12(10-18)11-19)14-6-4-5-7-15(14)21/h4-9H,10-11,21H2,1-3H3. The van der Waals surface area contributed by atoms with E-state index in [1.54, 1.807) is 6.08 Å². The molecule has 0 aromatic heterocycles. The van der Waals surface area contributed by atoms with Crippen molar-refractivity contribution in [3.63, 3.8) is 0 Å². The molecule has 1 aliphatic carbocycles. The van der Waals surface area contributed by atoms with Crippen molar-refractivity contribution in [2.24, 2.45) is 0 Å². The van der Waals surface area contributed by atoms with Gasteiger partial charge in [0.2, 0.25) is 0 Å². The Hall–Kier alpha value is -1.45. The Bertz CT molecular complexity index is 674. The van der Waals surface area contributed by atoms with Crippen LogP contribution in [0.5, 0.6) is 0 Å². The Balaban J connectivity index is 2.34. The maximum absolute atomic E-state index is 12.4. The topological polar surface area (TPSA) is 52.3 Å². The molecule has 0 amide bonds. The second kappa shape index (κ2) is 6.58. The van der Waals surface area contributed by atoms with Crippen molar-refractivity contribution in [3.05, 3.63) is 47.6 Å². The lowest BCUT2D eigenvalue weighted by Gasteiger charge is -2.31. The first kappa shape index (κ1) is 17.9. The summed E-state index contributed by atoms with van der Waals surface area (Å²) in [5, 5.41) is 0. The van der Waals surface area contributed by atoms with Crippen molar-refractivity contribution >= 4 is 40.4 Å². The molecule has 0 heterocycles. The molecule has 1 unspecified atom stereocenters. The van der Waals surface area contributed by atoms with Gasteiger partial charge in [-0.15, -0.1) is 23.2 Å². The van der Waals surface area contributed by atoms with Crippen LogP contribution in [-0.2, 0) is 9.53 Å². The quantitative estimate of drug-likeness (QED) is 0.493. The number of alkyl halides is 2. The summed E-state index contributed by atoms with van der Waals surface area (Å²) in [6, 6.07) is 7.54. The van der Waals surface area contributed by atoms with Gasteiger partial charge >= 0.3 is 5.97 Å². The van der Waals surface area contributed by atoms with E-state index in [1.807, 2.05) is 51.1 Å². The highest BCUT2D eigenvalue weighted by molar-refractivity contribution is 6.36. The predicted molar refractivity (Wildman–Crippen MR) is 96.7 cm³/mol.